The standard InChI is InChI=1S/C24H31N5O2/c1-19(30)29-22(10-11-23(29)31)21-8-6-20(7-9-21)5-2-3-14-27-15-17-28(18-16-27)24-25-12-4-13-26-24/h4,6-9,12-13,22H,2-3,5,10-11,14-18H2,1H3. The third-order valence-corrected chi connectivity index (χ3v) is 6.31. The summed E-state index contributed by atoms with van der Waals surface area (Å²) in [5.74, 6) is 0.617. The van der Waals surface area contributed by atoms with Crippen LogP contribution in [0.15, 0.2) is 42.7 Å². The van der Waals surface area contributed by atoms with Crippen molar-refractivity contribution in [3.05, 3.63) is 53.9 Å². The fourth-order valence-electron chi connectivity index (χ4n) is 4.59. The maximum Gasteiger partial charge on any atom is 0.229 e. The number of hydrogen-bond acceptors (Lipinski definition) is 6. The molecule has 2 fully saturated rings. The largest absolute Gasteiger partial charge is 0.338 e. The van der Waals surface area contributed by atoms with Crippen molar-refractivity contribution in [2.45, 2.75) is 45.1 Å². The van der Waals surface area contributed by atoms with Gasteiger partial charge in [-0.2, -0.15) is 0 Å². The summed E-state index contributed by atoms with van der Waals surface area (Å²) in [5, 5.41) is 0. The zero-order valence-corrected chi connectivity index (χ0v) is 18.2. The molecule has 1 aromatic heterocycles. The minimum Gasteiger partial charge on any atom is -0.338 e. The SMILES string of the molecule is CC(=O)N1C(=O)CCC1c1ccc(CCCCN2CCN(c3ncccn3)CC2)cc1. The van der Waals surface area contributed by atoms with Gasteiger partial charge >= 0.3 is 0 Å². The molecule has 0 saturated carbocycles. The van der Waals surface area contributed by atoms with E-state index in [1.54, 1.807) is 12.4 Å². The van der Waals surface area contributed by atoms with Crippen molar-refractivity contribution in [1.82, 2.24) is 19.8 Å². The number of piperazine rings is 1. The number of nitrogens with zero attached hydrogens (tertiary/aromatic N) is 5. The highest BCUT2D eigenvalue weighted by Crippen LogP contribution is 2.33. The van der Waals surface area contributed by atoms with Gasteiger partial charge in [0.05, 0.1) is 6.04 Å². The molecule has 1 unspecified atom stereocenters. The quantitative estimate of drug-likeness (QED) is 0.641. The number of anilines is 1. The molecule has 3 heterocycles. The number of carbonyl (C=O) groups is 2. The fourth-order valence-corrected chi connectivity index (χ4v) is 4.59. The van der Waals surface area contributed by atoms with E-state index in [4.69, 9.17) is 0 Å². The molecule has 1 aromatic carbocycles. The Bertz CT molecular complexity index is 879. The number of unbranched alkanes of at least 4 members (excludes halogenated alkanes) is 1. The molecular weight excluding hydrogens is 390 g/mol. The van der Waals surface area contributed by atoms with E-state index in [1.807, 2.05) is 6.07 Å². The third-order valence-electron chi connectivity index (χ3n) is 6.31. The molecule has 0 aliphatic carbocycles. The second-order valence-corrected chi connectivity index (χ2v) is 8.41. The van der Waals surface area contributed by atoms with Crippen LogP contribution in [0.3, 0.4) is 0 Å². The molecule has 2 aliphatic heterocycles. The Morgan fingerprint density at radius 2 is 1.74 bits per heavy atom. The molecule has 164 valence electrons. The van der Waals surface area contributed by atoms with Crippen molar-refractivity contribution in [1.29, 1.82) is 0 Å². The average Bonchev–Trinajstić information content (AvgIpc) is 3.20. The number of rotatable bonds is 7. The van der Waals surface area contributed by atoms with Gasteiger partial charge in [0.1, 0.15) is 0 Å². The highest BCUT2D eigenvalue weighted by Gasteiger charge is 2.34. The number of likely N-dealkylation sites (tertiary alicyclic amines) is 1. The third kappa shape index (κ3) is 5.28. The van der Waals surface area contributed by atoms with Crippen molar-refractivity contribution < 1.29 is 9.59 Å². The first-order valence-electron chi connectivity index (χ1n) is 11.3. The Morgan fingerprint density at radius 1 is 1.03 bits per heavy atom. The molecule has 0 N–H and O–H groups in total. The Hall–Kier alpha value is -2.80. The van der Waals surface area contributed by atoms with E-state index < -0.39 is 0 Å². The van der Waals surface area contributed by atoms with Crippen molar-refractivity contribution in [2.75, 3.05) is 37.6 Å². The molecule has 2 aliphatic rings. The van der Waals surface area contributed by atoms with E-state index in [9.17, 15) is 9.59 Å². The van der Waals surface area contributed by atoms with Crippen LogP contribution in [0.4, 0.5) is 5.95 Å². The second-order valence-electron chi connectivity index (χ2n) is 8.41. The van der Waals surface area contributed by atoms with Crippen LogP contribution in [0.25, 0.3) is 0 Å². The topological polar surface area (TPSA) is 69.6 Å². The first kappa shape index (κ1) is 21.4. The summed E-state index contributed by atoms with van der Waals surface area (Å²) in [5.41, 5.74) is 2.37. The lowest BCUT2D eigenvalue weighted by atomic mass is 10.0. The Kier molecular flexibility index (Phi) is 6.92. The maximum atomic E-state index is 12.0. The molecule has 2 saturated heterocycles. The van der Waals surface area contributed by atoms with Crippen LogP contribution in [0.2, 0.25) is 0 Å². The number of amides is 2. The minimum absolute atomic E-state index is 0.0568. The Labute approximate surface area is 184 Å². The van der Waals surface area contributed by atoms with E-state index in [-0.39, 0.29) is 17.9 Å². The summed E-state index contributed by atoms with van der Waals surface area (Å²) in [7, 11) is 0. The molecule has 2 aromatic rings. The van der Waals surface area contributed by atoms with Crippen LogP contribution in [0, 0.1) is 0 Å². The summed E-state index contributed by atoms with van der Waals surface area (Å²) < 4.78 is 0. The number of carbonyl (C=O) groups excluding carboxylic acids is 2. The molecule has 0 bridgehead atoms. The Morgan fingerprint density at radius 3 is 2.42 bits per heavy atom. The summed E-state index contributed by atoms with van der Waals surface area (Å²) in [6.07, 6.45) is 8.17. The second kappa shape index (κ2) is 10.0. The van der Waals surface area contributed by atoms with Gasteiger partial charge in [0, 0.05) is 51.9 Å². The number of imide groups is 1. The van der Waals surface area contributed by atoms with Gasteiger partial charge in [0.2, 0.25) is 17.8 Å². The predicted molar refractivity (Wildman–Crippen MR) is 120 cm³/mol. The maximum absolute atomic E-state index is 12.0. The average molecular weight is 422 g/mol. The summed E-state index contributed by atoms with van der Waals surface area (Å²) in [4.78, 5) is 38.6. The smallest absolute Gasteiger partial charge is 0.229 e. The summed E-state index contributed by atoms with van der Waals surface area (Å²) >= 11 is 0. The molecule has 31 heavy (non-hydrogen) atoms. The number of benzene rings is 1. The van der Waals surface area contributed by atoms with Gasteiger partial charge in [-0.05, 0) is 49.4 Å². The van der Waals surface area contributed by atoms with Gasteiger partial charge in [-0.25, -0.2) is 9.97 Å². The molecular formula is C24H31N5O2. The number of aromatic nitrogens is 2. The lowest BCUT2D eigenvalue weighted by molar-refractivity contribution is -0.142. The van der Waals surface area contributed by atoms with E-state index in [0.717, 1.165) is 63.5 Å². The number of aryl methyl sites for hydroxylation is 1. The predicted octanol–water partition coefficient (Wildman–Crippen LogP) is 2.83. The van der Waals surface area contributed by atoms with Crippen molar-refractivity contribution >= 4 is 17.8 Å². The zero-order valence-electron chi connectivity index (χ0n) is 18.2. The van der Waals surface area contributed by atoms with Crippen LogP contribution in [-0.2, 0) is 16.0 Å². The van der Waals surface area contributed by atoms with E-state index in [2.05, 4.69) is 44.0 Å². The van der Waals surface area contributed by atoms with Gasteiger partial charge < -0.3 is 4.90 Å². The minimum atomic E-state index is -0.159. The molecule has 1 atom stereocenters. The lowest BCUT2D eigenvalue weighted by Crippen LogP contribution is -2.47. The highest BCUT2D eigenvalue weighted by molar-refractivity contribution is 5.96. The Balaban J connectivity index is 1.18. The van der Waals surface area contributed by atoms with Crippen LogP contribution in [-0.4, -0.2) is 64.3 Å². The van der Waals surface area contributed by atoms with E-state index >= 15 is 0 Å². The van der Waals surface area contributed by atoms with Crippen LogP contribution in [0.1, 0.15) is 49.8 Å². The normalized spacial score (nSPS) is 19.8. The van der Waals surface area contributed by atoms with Crippen LogP contribution < -0.4 is 4.90 Å². The fraction of sp³-hybridized carbons (Fsp3) is 0.500. The molecule has 2 amide bonds. The van der Waals surface area contributed by atoms with Gasteiger partial charge in [-0.15, -0.1) is 0 Å². The van der Waals surface area contributed by atoms with Gasteiger partial charge in [-0.1, -0.05) is 24.3 Å². The van der Waals surface area contributed by atoms with Crippen molar-refractivity contribution in [3.8, 4) is 0 Å². The lowest BCUT2D eigenvalue weighted by Gasteiger charge is -2.34. The van der Waals surface area contributed by atoms with Gasteiger partial charge in [0.25, 0.3) is 0 Å². The molecule has 7 heteroatoms. The van der Waals surface area contributed by atoms with Crippen molar-refractivity contribution in [3.63, 3.8) is 0 Å². The summed E-state index contributed by atoms with van der Waals surface area (Å²) in [6, 6.07) is 10.2. The van der Waals surface area contributed by atoms with Gasteiger partial charge in [0.15, 0.2) is 0 Å². The van der Waals surface area contributed by atoms with E-state index in [0.29, 0.717) is 6.42 Å². The van der Waals surface area contributed by atoms with Gasteiger partial charge in [-0.3, -0.25) is 19.4 Å². The molecule has 7 nitrogen and oxygen atoms in total. The summed E-state index contributed by atoms with van der Waals surface area (Å²) in [6.45, 7) is 6.66. The van der Waals surface area contributed by atoms with Crippen LogP contribution in [0.5, 0.6) is 0 Å². The first-order valence-corrected chi connectivity index (χ1v) is 11.3. The van der Waals surface area contributed by atoms with E-state index in [1.165, 1.54) is 23.8 Å². The first-order chi connectivity index (χ1) is 15.1. The monoisotopic (exact) mass is 421 g/mol. The number of hydrogen-bond donors (Lipinski definition) is 0. The van der Waals surface area contributed by atoms with Crippen molar-refractivity contribution in [2.24, 2.45) is 0 Å². The molecule has 0 spiro atoms. The molecule has 0 radical (unpaired) electrons. The van der Waals surface area contributed by atoms with Crippen LogP contribution >= 0.6 is 0 Å². The molecule has 4 rings (SSSR count). The highest BCUT2D eigenvalue weighted by atomic mass is 16.2. The zero-order chi connectivity index (χ0) is 21.6.